The molecule has 0 aliphatic carbocycles. The Hall–Kier alpha value is -9.16. The van der Waals surface area contributed by atoms with Crippen LogP contribution < -0.4 is 31.9 Å². The quantitative estimate of drug-likeness (QED) is 0.0221. The van der Waals surface area contributed by atoms with Crippen LogP contribution >= 0.6 is 0 Å². The van der Waals surface area contributed by atoms with Gasteiger partial charge >= 0.3 is 72.4 Å². The highest BCUT2D eigenvalue weighted by Gasteiger charge is 2.41. The van der Waals surface area contributed by atoms with E-state index in [0.29, 0.717) is 0 Å². The van der Waals surface area contributed by atoms with Crippen molar-refractivity contribution in [3.05, 3.63) is 72.9 Å². The van der Waals surface area contributed by atoms with Crippen molar-refractivity contribution in [3.8, 4) is 0 Å². The molecule has 31 heteroatoms. The number of alkyl carbamates (subject to hydrolysis) is 6. The van der Waals surface area contributed by atoms with Gasteiger partial charge in [-0.15, -0.1) is 0 Å². The first-order valence-corrected chi connectivity index (χ1v) is 25.0. The monoisotopic (exact) mass is 1180 g/mol. The van der Waals surface area contributed by atoms with Crippen molar-refractivity contribution in [1.29, 1.82) is 0 Å². The fourth-order valence-corrected chi connectivity index (χ4v) is 5.12. The SMILES string of the molecule is C=C(C)C(=O)OCCNC(=O)OCC(COCC(COC(=O)NCCOC(=O)C(=C)C)(COC(=O)NCCOC(=O)C(=C)C)COC(=O)NCCOC(=O)C(=C)C)(COC(=O)NCCOC(=O)C(=C)C)COC(=O)NCCOC(=O)C(=C)C. The second-order valence-electron chi connectivity index (χ2n) is 18.0. The molecule has 0 saturated heterocycles. The van der Waals surface area contributed by atoms with Crippen molar-refractivity contribution in [2.24, 2.45) is 10.8 Å². The van der Waals surface area contributed by atoms with Crippen LogP contribution in [0.1, 0.15) is 41.5 Å². The second kappa shape index (κ2) is 40.9. The van der Waals surface area contributed by atoms with Crippen molar-refractivity contribution < 1.29 is 119 Å². The zero-order valence-corrected chi connectivity index (χ0v) is 47.6. The molecule has 0 aromatic rings. The number of ether oxygens (including phenoxy) is 13. The minimum Gasteiger partial charge on any atom is -0.460 e. The molecular formula is C52H76N6O25. The van der Waals surface area contributed by atoms with E-state index in [2.05, 4.69) is 71.4 Å². The molecule has 0 aliphatic rings. The van der Waals surface area contributed by atoms with Crippen molar-refractivity contribution in [1.82, 2.24) is 31.9 Å². The summed E-state index contributed by atoms with van der Waals surface area (Å²) in [5, 5.41) is 14.0. The number of rotatable bonds is 40. The minimum absolute atomic E-state index is 0.0751. The predicted octanol–water partition coefficient (Wildman–Crippen LogP) is 2.05. The van der Waals surface area contributed by atoms with Crippen LogP contribution in [0.5, 0.6) is 0 Å². The van der Waals surface area contributed by atoms with E-state index in [1.54, 1.807) is 0 Å². The van der Waals surface area contributed by atoms with Crippen molar-refractivity contribution in [2.45, 2.75) is 41.5 Å². The summed E-state index contributed by atoms with van der Waals surface area (Å²) < 4.78 is 68.9. The summed E-state index contributed by atoms with van der Waals surface area (Å²) in [5.41, 5.74) is -3.49. The van der Waals surface area contributed by atoms with Crippen LogP contribution in [0.25, 0.3) is 0 Å². The summed E-state index contributed by atoms with van der Waals surface area (Å²) >= 11 is 0. The Morgan fingerprint density at radius 2 is 0.398 bits per heavy atom. The van der Waals surface area contributed by atoms with E-state index in [-0.39, 0.29) is 112 Å². The highest BCUT2D eigenvalue weighted by Crippen LogP contribution is 2.26. The lowest BCUT2D eigenvalue weighted by molar-refractivity contribution is -0.139. The van der Waals surface area contributed by atoms with Crippen LogP contribution in [0.15, 0.2) is 72.9 Å². The van der Waals surface area contributed by atoms with Gasteiger partial charge in [0, 0.05) is 33.4 Å². The van der Waals surface area contributed by atoms with Crippen LogP contribution in [0.2, 0.25) is 0 Å². The Kier molecular flexibility index (Phi) is 36.4. The fraction of sp³-hybridized carbons (Fsp3) is 0.538. The van der Waals surface area contributed by atoms with Gasteiger partial charge in [0.05, 0.1) is 63.3 Å². The number of hydrogen-bond acceptors (Lipinski definition) is 25. The molecule has 0 heterocycles. The summed E-state index contributed by atoms with van der Waals surface area (Å²) in [7, 11) is 0. The first-order chi connectivity index (χ1) is 39.0. The van der Waals surface area contributed by atoms with E-state index < -0.39 is 136 Å². The molecule has 0 bridgehead atoms. The van der Waals surface area contributed by atoms with Gasteiger partial charge in [-0.3, -0.25) is 0 Å². The first-order valence-electron chi connectivity index (χ1n) is 25.0. The number of nitrogens with one attached hydrogen (secondary N) is 6. The molecule has 0 aromatic heterocycles. The summed E-state index contributed by atoms with van der Waals surface area (Å²) in [6, 6.07) is 0. The van der Waals surface area contributed by atoms with Crippen LogP contribution in [-0.2, 0) is 90.3 Å². The lowest BCUT2D eigenvalue weighted by atomic mass is 9.90. The Balaban J connectivity index is 7.39. The third-order valence-electron chi connectivity index (χ3n) is 9.59. The fourth-order valence-electron chi connectivity index (χ4n) is 5.12. The molecule has 0 radical (unpaired) electrons. The zero-order chi connectivity index (χ0) is 63.0. The Morgan fingerprint density at radius 3 is 0.530 bits per heavy atom. The van der Waals surface area contributed by atoms with Crippen LogP contribution in [-0.4, -0.2) is 204 Å². The molecule has 0 fully saturated rings. The maximum absolute atomic E-state index is 13.1. The predicted molar refractivity (Wildman–Crippen MR) is 286 cm³/mol. The molecular weight excluding hydrogens is 1110 g/mol. The maximum atomic E-state index is 13.1. The Bertz CT molecular complexity index is 1950. The molecule has 0 aliphatic heterocycles. The Morgan fingerprint density at radius 1 is 0.253 bits per heavy atom. The lowest BCUT2D eigenvalue weighted by Crippen LogP contribution is -2.49. The van der Waals surface area contributed by atoms with Gasteiger partial charge < -0.3 is 93.5 Å². The van der Waals surface area contributed by atoms with Gasteiger partial charge in [0.25, 0.3) is 0 Å². The third kappa shape index (κ3) is 35.9. The molecule has 0 rings (SSSR count). The topological polar surface area (TPSA) is 397 Å². The lowest BCUT2D eigenvalue weighted by Gasteiger charge is -2.35. The summed E-state index contributed by atoms with van der Waals surface area (Å²) in [6.45, 7) is 18.8. The highest BCUT2D eigenvalue weighted by molar-refractivity contribution is 5.89. The van der Waals surface area contributed by atoms with Gasteiger partial charge in [0.15, 0.2) is 0 Å². The molecule has 83 heavy (non-hydrogen) atoms. The van der Waals surface area contributed by atoms with E-state index in [1.807, 2.05) is 0 Å². The van der Waals surface area contributed by atoms with Gasteiger partial charge in [-0.1, -0.05) is 39.5 Å². The zero-order valence-electron chi connectivity index (χ0n) is 47.6. The minimum atomic E-state index is -1.97. The molecule has 0 unspecified atom stereocenters. The number of amides is 6. The number of carbonyl (C=O) groups excluding carboxylic acids is 12. The van der Waals surface area contributed by atoms with E-state index >= 15 is 0 Å². The normalized spacial score (nSPS) is 10.5. The van der Waals surface area contributed by atoms with Gasteiger partial charge in [-0.25, -0.2) is 57.5 Å². The molecule has 0 spiro atoms. The third-order valence-corrected chi connectivity index (χ3v) is 9.59. The maximum Gasteiger partial charge on any atom is 0.407 e. The number of carbonyl (C=O) groups is 12. The standard InChI is InChI=1S/C52H76N6O25/c1-33(2)39(59)72-19-13-53-45(65)78-27-51(28-79-46(66)54-14-20-73-40(60)34(3)4,29-80-47(67)55-15-21-74-41(61)35(5)6)25-71-26-52(30-81-48(68)56-16-22-75-42(62)36(7)8,31-82-49(69)57-17-23-76-43(63)37(9)10)32-83-50(70)58-18-24-77-44(64)38(11)12/h1,3,5,7,9,11,13-32H2,2,4,6,8,10,12H3,(H,53,65)(H,54,66)(H,55,67)(H,56,68)(H,57,69)(H,58,70). The van der Waals surface area contributed by atoms with Crippen molar-refractivity contribution in [3.63, 3.8) is 0 Å². The van der Waals surface area contributed by atoms with E-state index in [1.165, 1.54) is 41.5 Å². The molecule has 464 valence electrons. The first kappa shape index (κ1) is 73.8. The van der Waals surface area contributed by atoms with E-state index in [9.17, 15) is 57.5 Å². The number of hydrogen-bond donors (Lipinski definition) is 6. The van der Waals surface area contributed by atoms with Crippen LogP contribution in [0.3, 0.4) is 0 Å². The summed E-state index contributed by atoms with van der Waals surface area (Å²) in [4.78, 5) is 150. The smallest absolute Gasteiger partial charge is 0.407 e. The van der Waals surface area contributed by atoms with Crippen molar-refractivity contribution >= 4 is 72.4 Å². The average molecular weight is 1190 g/mol. The summed E-state index contributed by atoms with van der Waals surface area (Å²) in [6.07, 6.45) is -6.92. The van der Waals surface area contributed by atoms with Crippen LogP contribution in [0.4, 0.5) is 28.8 Å². The van der Waals surface area contributed by atoms with E-state index in [4.69, 9.17) is 61.6 Å². The van der Waals surface area contributed by atoms with E-state index in [0.717, 1.165) is 0 Å². The molecule has 0 atom stereocenters. The molecule has 6 N–H and O–H groups in total. The van der Waals surface area contributed by atoms with Gasteiger partial charge in [-0.2, -0.15) is 0 Å². The van der Waals surface area contributed by atoms with Gasteiger partial charge in [-0.05, 0) is 41.5 Å². The summed E-state index contributed by atoms with van der Waals surface area (Å²) in [5.74, 6) is -4.53. The van der Waals surface area contributed by atoms with Crippen molar-refractivity contribution in [2.75, 3.05) is 132 Å². The molecule has 6 amide bonds. The number of esters is 6. The highest BCUT2D eigenvalue weighted by atomic mass is 16.6. The Labute approximate surface area is 479 Å². The largest absolute Gasteiger partial charge is 0.460 e. The van der Waals surface area contributed by atoms with Gasteiger partial charge in [0.2, 0.25) is 0 Å². The van der Waals surface area contributed by atoms with Gasteiger partial charge in [0.1, 0.15) is 79.3 Å². The second-order valence-corrected chi connectivity index (χ2v) is 18.0. The molecule has 31 nitrogen and oxygen atoms in total. The molecule has 0 saturated carbocycles. The molecule has 0 aromatic carbocycles. The van der Waals surface area contributed by atoms with Crippen LogP contribution in [0, 0.1) is 10.8 Å². The average Bonchev–Trinajstić information content (AvgIpc) is 3.47.